The molecule has 0 bridgehead atoms. The maximum absolute atomic E-state index is 5.30. The van der Waals surface area contributed by atoms with Crippen molar-refractivity contribution in [2.45, 2.75) is 66.6 Å². The molecular weight excluding hydrogens is 651 g/mol. The van der Waals surface area contributed by atoms with E-state index in [9.17, 15) is 0 Å². The molecule has 0 fully saturated rings. The molecule has 0 saturated carbocycles. The van der Waals surface area contributed by atoms with Gasteiger partial charge < -0.3 is 0 Å². The maximum atomic E-state index is 5.30. The molecule has 3 nitrogen and oxygen atoms in total. The first-order chi connectivity index (χ1) is 25.2. The Morgan fingerprint density at radius 2 is 0.885 bits per heavy atom. The average Bonchev–Trinajstić information content (AvgIpc) is 3.47. The molecule has 1 aromatic heterocycles. The number of hydrogen-bond acceptors (Lipinski definition) is 4. The Kier molecular flexibility index (Phi) is 6.85. The summed E-state index contributed by atoms with van der Waals surface area (Å²) in [6.45, 7) is 9.49. The lowest BCUT2D eigenvalue weighted by Gasteiger charge is -2.42. The second-order valence-corrected chi connectivity index (χ2v) is 16.9. The van der Waals surface area contributed by atoms with E-state index in [4.69, 9.17) is 15.0 Å². The second-order valence-electron chi connectivity index (χ2n) is 15.9. The van der Waals surface area contributed by atoms with Crippen LogP contribution < -0.4 is 0 Å². The highest BCUT2D eigenvalue weighted by atomic mass is 32.2. The summed E-state index contributed by atoms with van der Waals surface area (Å²) in [5.74, 6) is 2.07. The van der Waals surface area contributed by atoms with Gasteiger partial charge in [0, 0.05) is 26.5 Å². The van der Waals surface area contributed by atoms with E-state index in [2.05, 4.69) is 149 Å². The highest BCUT2D eigenvalue weighted by Crippen LogP contribution is 2.62. The van der Waals surface area contributed by atoms with Gasteiger partial charge in [-0.05, 0) is 92.4 Å². The van der Waals surface area contributed by atoms with Gasteiger partial charge in [-0.3, -0.25) is 0 Å². The van der Waals surface area contributed by atoms with Crippen molar-refractivity contribution in [2.75, 3.05) is 0 Å². The van der Waals surface area contributed by atoms with E-state index < -0.39 is 5.41 Å². The van der Waals surface area contributed by atoms with Gasteiger partial charge in [-0.25, -0.2) is 15.0 Å². The molecule has 52 heavy (non-hydrogen) atoms. The van der Waals surface area contributed by atoms with Gasteiger partial charge in [-0.1, -0.05) is 155 Å². The van der Waals surface area contributed by atoms with Crippen LogP contribution in [0.3, 0.4) is 0 Å². The largest absolute Gasteiger partial charge is 0.208 e. The molecule has 0 amide bonds. The summed E-state index contributed by atoms with van der Waals surface area (Å²) in [6.07, 6.45) is 2.33. The standard InChI is InChI=1S/C48H39N3S/c1-46(2)26-27-47(3,4)39-28-31(22-24-37(39)46)44-49-43(30-14-6-5-7-15-30)50-45(51-44)32-23-25-42-40(29-32)48(38-20-12-13-21-41(38)52-42)35-18-10-8-16-33(35)34-17-9-11-19-36(34)48/h5-25,28-29H,26-27H2,1-4H3. The number of nitrogens with zero attached hydrogens (tertiary/aromatic N) is 3. The summed E-state index contributed by atoms with van der Waals surface area (Å²) in [5.41, 5.74) is 13.4. The minimum atomic E-state index is -0.463. The molecule has 6 aromatic carbocycles. The van der Waals surface area contributed by atoms with E-state index in [-0.39, 0.29) is 10.8 Å². The van der Waals surface area contributed by atoms with Crippen LogP contribution in [0.25, 0.3) is 45.3 Å². The number of aromatic nitrogens is 3. The molecular formula is C48H39N3S. The predicted molar refractivity (Wildman–Crippen MR) is 213 cm³/mol. The molecule has 1 aliphatic heterocycles. The molecule has 0 atom stereocenters. The fourth-order valence-corrected chi connectivity index (χ4v) is 10.2. The number of fused-ring (bicyclic) bond motifs is 10. The molecule has 7 aromatic rings. The fraction of sp³-hybridized carbons (Fsp3) is 0.188. The van der Waals surface area contributed by atoms with Crippen LogP contribution in [0.1, 0.15) is 73.9 Å². The van der Waals surface area contributed by atoms with Crippen LogP contribution in [0.4, 0.5) is 0 Å². The first kappa shape index (κ1) is 31.4. The lowest BCUT2D eigenvalue weighted by atomic mass is 9.63. The van der Waals surface area contributed by atoms with Crippen LogP contribution in [-0.2, 0) is 16.2 Å². The fourth-order valence-electron chi connectivity index (χ4n) is 9.07. The zero-order valence-electron chi connectivity index (χ0n) is 29.9. The van der Waals surface area contributed by atoms with Gasteiger partial charge in [-0.2, -0.15) is 0 Å². The van der Waals surface area contributed by atoms with Gasteiger partial charge in [0.15, 0.2) is 17.5 Å². The monoisotopic (exact) mass is 689 g/mol. The Hall–Kier alpha value is -5.32. The summed E-state index contributed by atoms with van der Waals surface area (Å²) < 4.78 is 0. The molecule has 10 rings (SSSR count). The van der Waals surface area contributed by atoms with Crippen molar-refractivity contribution < 1.29 is 0 Å². The predicted octanol–water partition coefficient (Wildman–Crippen LogP) is 12.0. The molecule has 2 heterocycles. The highest BCUT2D eigenvalue weighted by molar-refractivity contribution is 7.99. The Labute approximate surface area is 310 Å². The third kappa shape index (κ3) is 4.56. The summed E-state index contributed by atoms with van der Waals surface area (Å²) in [6, 6.07) is 50.9. The minimum Gasteiger partial charge on any atom is -0.208 e. The molecule has 0 N–H and O–H groups in total. The van der Waals surface area contributed by atoms with Crippen LogP contribution in [0.5, 0.6) is 0 Å². The SMILES string of the molecule is CC1(C)CCC(C)(C)c2cc(-c3nc(-c4ccccc4)nc(-c4ccc5c(c4)C4(c6ccccc6S5)c5ccccc5-c5ccccc54)n3)ccc21. The van der Waals surface area contributed by atoms with Crippen LogP contribution in [-0.4, -0.2) is 15.0 Å². The molecule has 3 aliphatic rings. The summed E-state index contributed by atoms with van der Waals surface area (Å²) in [5, 5.41) is 0. The number of hydrogen-bond donors (Lipinski definition) is 0. The van der Waals surface area contributed by atoms with Crippen molar-refractivity contribution >= 4 is 11.8 Å². The van der Waals surface area contributed by atoms with E-state index in [1.165, 1.54) is 60.7 Å². The normalized spacial score (nSPS) is 16.7. The smallest absolute Gasteiger partial charge is 0.164 e. The van der Waals surface area contributed by atoms with Crippen LogP contribution in [0.15, 0.2) is 149 Å². The van der Waals surface area contributed by atoms with Gasteiger partial charge >= 0.3 is 0 Å². The Morgan fingerprint density at radius 1 is 0.404 bits per heavy atom. The van der Waals surface area contributed by atoms with E-state index in [1.54, 1.807) is 0 Å². The zero-order valence-corrected chi connectivity index (χ0v) is 30.8. The molecule has 0 radical (unpaired) electrons. The van der Waals surface area contributed by atoms with Crippen molar-refractivity contribution in [1.82, 2.24) is 15.0 Å². The zero-order chi connectivity index (χ0) is 35.2. The Morgan fingerprint density at radius 3 is 1.54 bits per heavy atom. The third-order valence-corrected chi connectivity index (χ3v) is 13.0. The Bertz CT molecular complexity index is 2520. The first-order valence-electron chi connectivity index (χ1n) is 18.3. The van der Waals surface area contributed by atoms with Crippen LogP contribution >= 0.6 is 11.8 Å². The molecule has 0 unspecified atom stereocenters. The van der Waals surface area contributed by atoms with Crippen LogP contribution in [0.2, 0.25) is 0 Å². The Balaban J connectivity index is 1.21. The number of benzene rings is 6. The first-order valence-corrected chi connectivity index (χ1v) is 19.1. The van der Waals surface area contributed by atoms with Gasteiger partial charge in [0.25, 0.3) is 0 Å². The van der Waals surface area contributed by atoms with E-state index in [0.29, 0.717) is 17.5 Å². The molecule has 252 valence electrons. The lowest BCUT2D eigenvalue weighted by molar-refractivity contribution is 0.332. The summed E-state index contributed by atoms with van der Waals surface area (Å²) in [4.78, 5) is 18.2. The van der Waals surface area contributed by atoms with E-state index in [1.807, 2.05) is 30.0 Å². The van der Waals surface area contributed by atoms with Crippen molar-refractivity contribution in [1.29, 1.82) is 0 Å². The average molecular weight is 690 g/mol. The quantitative estimate of drug-likeness (QED) is 0.185. The molecule has 1 spiro atoms. The third-order valence-electron chi connectivity index (χ3n) is 11.9. The second kappa shape index (κ2) is 11.3. The molecule has 4 heteroatoms. The minimum absolute atomic E-state index is 0.0770. The van der Waals surface area contributed by atoms with Crippen molar-refractivity contribution in [3.05, 3.63) is 173 Å². The van der Waals surface area contributed by atoms with Crippen molar-refractivity contribution in [3.8, 4) is 45.3 Å². The van der Waals surface area contributed by atoms with Gasteiger partial charge in [0.05, 0.1) is 5.41 Å². The van der Waals surface area contributed by atoms with Crippen molar-refractivity contribution in [3.63, 3.8) is 0 Å². The molecule has 2 aliphatic carbocycles. The molecule has 0 saturated heterocycles. The highest BCUT2D eigenvalue weighted by Gasteiger charge is 2.50. The van der Waals surface area contributed by atoms with Gasteiger partial charge in [-0.15, -0.1) is 0 Å². The topological polar surface area (TPSA) is 38.7 Å². The number of rotatable bonds is 3. The van der Waals surface area contributed by atoms with Crippen LogP contribution in [0, 0.1) is 0 Å². The van der Waals surface area contributed by atoms with Crippen molar-refractivity contribution in [2.24, 2.45) is 0 Å². The van der Waals surface area contributed by atoms with E-state index in [0.717, 1.165) is 23.1 Å². The lowest BCUT2D eigenvalue weighted by Crippen LogP contribution is -2.33. The summed E-state index contributed by atoms with van der Waals surface area (Å²) in [7, 11) is 0. The summed E-state index contributed by atoms with van der Waals surface area (Å²) >= 11 is 1.86. The maximum Gasteiger partial charge on any atom is 0.164 e. The van der Waals surface area contributed by atoms with Gasteiger partial charge in [0.2, 0.25) is 0 Å². The van der Waals surface area contributed by atoms with E-state index >= 15 is 0 Å². The van der Waals surface area contributed by atoms with Gasteiger partial charge in [0.1, 0.15) is 0 Å².